The van der Waals surface area contributed by atoms with E-state index in [0.29, 0.717) is 5.56 Å². The molecular formula is C13H18N4S. The Morgan fingerprint density at radius 2 is 2.22 bits per heavy atom. The van der Waals surface area contributed by atoms with Crippen LogP contribution >= 0.6 is 11.8 Å². The van der Waals surface area contributed by atoms with Crippen LogP contribution < -0.4 is 5.32 Å². The molecule has 0 radical (unpaired) electrons. The maximum Gasteiger partial charge on any atom is 0.127 e. The van der Waals surface area contributed by atoms with E-state index in [2.05, 4.69) is 21.3 Å². The van der Waals surface area contributed by atoms with Gasteiger partial charge in [0, 0.05) is 43.4 Å². The average Bonchev–Trinajstić information content (AvgIpc) is 2.39. The molecular weight excluding hydrogens is 244 g/mol. The Morgan fingerprint density at radius 3 is 2.94 bits per heavy atom. The van der Waals surface area contributed by atoms with Gasteiger partial charge in [0.15, 0.2) is 0 Å². The van der Waals surface area contributed by atoms with E-state index in [1.54, 1.807) is 12.1 Å². The van der Waals surface area contributed by atoms with Gasteiger partial charge in [0.25, 0.3) is 0 Å². The molecule has 1 aliphatic heterocycles. The van der Waals surface area contributed by atoms with Gasteiger partial charge in [0.1, 0.15) is 5.82 Å². The van der Waals surface area contributed by atoms with Gasteiger partial charge in [-0.25, -0.2) is 4.98 Å². The fourth-order valence-corrected chi connectivity index (χ4v) is 2.97. The van der Waals surface area contributed by atoms with E-state index >= 15 is 0 Å². The minimum Gasteiger partial charge on any atom is -0.369 e. The molecule has 0 spiro atoms. The van der Waals surface area contributed by atoms with Crippen LogP contribution in [0.2, 0.25) is 0 Å². The lowest BCUT2D eigenvalue weighted by molar-refractivity contribution is 0.314. The van der Waals surface area contributed by atoms with E-state index < -0.39 is 0 Å². The molecule has 1 aromatic heterocycles. The lowest BCUT2D eigenvalue weighted by Gasteiger charge is -2.26. The van der Waals surface area contributed by atoms with Crippen molar-refractivity contribution in [3.8, 4) is 6.07 Å². The van der Waals surface area contributed by atoms with Crippen molar-refractivity contribution >= 4 is 17.6 Å². The summed E-state index contributed by atoms with van der Waals surface area (Å²) >= 11 is 2.02. The van der Waals surface area contributed by atoms with Gasteiger partial charge in [-0.2, -0.15) is 17.0 Å². The SMILES string of the molecule is Cc1cc(C#N)cc(NCCN2CCSCC2)n1. The van der Waals surface area contributed by atoms with Gasteiger partial charge >= 0.3 is 0 Å². The molecule has 96 valence electrons. The number of nitriles is 1. The molecule has 0 saturated carbocycles. The van der Waals surface area contributed by atoms with Crippen molar-refractivity contribution in [1.82, 2.24) is 9.88 Å². The Hall–Kier alpha value is -1.25. The third kappa shape index (κ3) is 3.90. The maximum atomic E-state index is 8.90. The van der Waals surface area contributed by atoms with Crippen LogP contribution in [0.25, 0.3) is 0 Å². The average molecular weight is 262 g/mol. The molecule has 1 saturated heterocycles. The minimum atomic E-state index is 0.666. The summed E-state index contributed by atoms with van der Waals surface area (Å²) in [4.78, 5) is 6.84. The van der Waals surface area contributed by atoms with Crippen LogP contribution in [0.3, 0.4) is 0 Å². The van der Waals surface area contributed by atoms with E-state index in [4.69, 9.17) is 5.26 Å². The Balaban J connectivity index is 1.82. The Bertz CT molecular complexity index is 435. The van der Waals surface area contributed by atoms with Gasteiger partial charge in [0.05, 0.1) is 11.6 Å². The molecule has 0 amide bonds. The highest BCUT2D eigenvalue weighted by Gasteiger charge is 2.09. The van der Waals surface area contributed by atoms with Crippen LogP contribution in [-0.4, -0.2) is 47.6 Å². The first kappa shape index (κ1) is 13.2. The summed E-state index contributed by atoms with van der Waals surface area (Å²) < 4.78 is 0. The van der Waals surface area contributed by atoms with Crippen LogP contribution in [-0.2, 0) is 0 Å². The standard InChI is InChI=1S/C13H18N4S/c1-11-8-12(10-14)9-13(16-11)15-2-3-17-4-6-18-7-5-17/h8-9H,2-7H2,1H3,(H,15,16). The molecule has 4 nitrogen and oxygen atoms in total. The first-order valence-corrected chi connectivity index (χ1v) is 7.36. The van der Waals surface area contributed by atoms with E-state index in [1.807, 2.05) is 18.7 Å². The highest BCUT2D eigenvalue weighted by atomic mass is 32.2. The summed E-state index contributed by atoms with van der Waals surface area (Å²) in [5.74, 6) is 3.28. The molecule has 1 N–H and O–H groups in total. The predicted molar refractivity (Wildman–Crippen MR) is 75.9 cm³/mol. The van der Waals surface area contributed by atoms with Crippen LogP contribution in [0.1, 0.15) is 11.3 Å². The highest BCUT2D eigenvalue weighted by Crippen LogP contribution is 2.10. The van der Waals surface area contributed by atoms with E-state index in [1.165, 1.54) is 24.6 Å². The summed E-state index contributed by atoms with van der Waals surface area (Å²) in [6, 6.07) is 5.76. The van der Waals surface area contributed by atoms with Crippen LogP contribution in [0.4, 0.5) is 5.82 Å². The van der Waals surface area contributed by atoms with Crippen LogP contribution in [0.15, 0.2) is 12.1 Å². The lowest BCUT2D eigenvalue weighted by atomic mass is 10.2. The molecule has 0 aliphatic carbocycles. The number of pyridine rings is 1. The minimum absolute atomic E-state index is 0.666. The number of hydrogen-bond acceptors (Lipinski definition) is 5. The normalized spacial score (nSPS) is 16.2. The van der Waals surface area contributed by atoms with Crippen LogP contribution in [0, 0.1) is 18.3 Å². The third-order valence-corrected chi connectivity index (χ3v) is 3.86. The largest absolute Gasteiger partial charge is 0.369 e. The fourth-order valence-electron chi connectivity index (χ4n) is 1.99. The Morgan fingerprint density at radius 1 is 1.44 bits per heavy atom. The quantitative estimate of drug-likeness (QED) is 0.895. The van der Waals surface area contributed by atoms with Gasteiger partial charge < -0.3 is 5.32 Å². The van der Waals surface area contributed by atoms with Crippen molar-refractivity contribution in [2.24, 2.45) is 0 Å². The molecule has 18 heavy (non-hydrogen) atoms. The van der Waals surface area contributed by atoms with E-state index in [0.717, 1.165) is 24.6 Å². The first-order valence-electron chi connectivity index (χ1n) is 6.21. The van der Waals surface area contributed by atoms with Gasteiger partial charge in [0.2, 0.25) is 0 Å². The number of nitrogens with one attached hydrogen (secondary N) is 1. The summed E-state index contributed by atoms with van der Waals surface area (Å²) in [6.07, 6.45) is 0. The maximum absolute atomic E-state index is 8.90. The molecule has 0 bridgehead atoms. The summed E-state index contributed by atoms with van der Waals surface area (Å²) in [6.45, 7) is 6.19. The lowest BCUT2D eigenvalue weighted by Crippen LogP contribution is -2.36. The Labute approximate surface area is 112 Å². The molecule has 0 atom stereocenters. The number of rotatable bonds is 4. The number of aromatic nitrogens is 1. The summed E-state index contributed by atoms with van der Waals surface area (Å²) in [5.41, 5.74) is 1.55. The molecule has 2 heterocycles. The molecule has 1 fully saturated rings. The zero-order valence-corrected chi connectivity index (χ0v) is 11.5. The third-order valence-electron chi connectivity index (χ3n) is 2.92. The molecule has 5 heteroatoms. The topological polar surface area (TPSA) is 52.0 Å². The highest BCUT2D eigenvalue weighted by molar-refractivity contribution is 7.99. The zero-order valence-electron chi connectivity index (χ0n) is 10.6. The van der Waals surface area contributed by atoms with Gasteiger partial charge in [-0.15, -0.1) is 0 Å². The smallest absolute Gasteiger partial charge is 0.127 e. The number of nitrogens with zero attached hydrogens (tertiary/aromatic N) is 3. The van der Waals surface area contributed by atoms with Gasteiger partial charge in [-0.1, -0.05) is 0 Å². The number of thioether (sulfide) groups is 1. The second kappa shape index (κ2) is 6.62. The zero-order chi connectivity index (χ0) is 12.8. The molecule has 2 rings (SSSR count). The van der Waals surface area contributed by atoms with Crippen molar-refractivity contribution in [1.29, 1.82) is 5.26 Å². The monoisotopic (exact) mass is 262 g/mol. The first-order chi connectivity index (χ1) is 8.78. The fraction of sp³-hybridized carbons (Fsp3) is 0.538. The van der Waals surface area contributed by atoms with Gasteiger partial charge in [-0.3, -0.25) is 4.90 Å². The second-order valence-electron chi connectivity index (χ2n) is 4.38. The molecule has 0 aromatic carbocycles. The van der Waals surface area contributed by atoms with Crippen molar-refractivity contribution < 1.29 is 0 Å². The van der Waals surface area contributed by atoms with Crippen LogP contribution in [0.5, 0.6) is 0 Å². The van der Waals surface area contributed by atoms with Crippen molar-refractivity contribution in [3.05, 3.63) is 23.4 Å². The molecule has 0 unspecified atom stereocenters. The predicted octanol–water partition coefficient (Wildman–Crippen LogP) is 1.72. The molecule has 1 aliphatic rings. The van der Waals surface area contributed by atoms with E-state index in [9.17, 15) is 0 Å². The summed E-state index contributed by atoms with van der Waals surface area (Å²) in [5, 5.41) is 12.2. The van der Waals surface area contributed by atoms with Crippen molar-refractivity contribution in [2.75, 3.05) is 43.0 Å². The number of aryl methyl sites for hydroxylation is 1. The number of anilines is 1. The van der Waals surface area contributed by atoms with Crippen molar-refractivity contribution in [2.45, 2.75) is 6.92 Å². The second-order valence-corrected chi connectivity index (χ2v) is 5.60. The molecule has 1 aromatic rings. The Kier molecular flexibility index (Phi) is 4.85. The van der Waals surface area contributed by atoms with Gasteiger partial charge in [-0.05, 0) is 19.1 Å². The number of hydrogen-bond donors (Lipinski definition) is 1. The van der Waals surface area contributed by atoms with E-state index in [-0.39, 0.29) is 0 Å². The summed E-state index contributed by atoms with van der Waals surface area (Å²) in [7, 11) is 0. The van der Waals surface area contributed by atoms with Crippen molar-refractivity contribution in [3.63, 3.8) is 0 Å².